The van der Waals surface area contributed by atoms with E-state index in [9.17, 15) is 22.4 Å². The summed E-state index contributed by atoms with van der Waals surface area (Å²) in [4.78, 5) is 28.6. The van der Waals surface area contributed by atoms with E-state index in [0.717, 1.165) is 16.1 Å². The van der Waals surface area contributed by atoms with E-state index in [4.69, 9.17) is 11.6 Å². The van der Waals surface area contributed by atoms with Crippen LogP contribution in [0.4, 0.5) is 10.1 Å². The number of carbonyl (C=O) groups is 2. The Bertz CT molecular complexity index is 1320. The van der Waals surface area contributed by atoms with E-state index >= 15 is 0 Å². The molecule has 0 saturated carbocycles. The summed E-state index contributed by atoms with van der Waals surface area (Å²) >= 11 is 5.97. The summed E-state index contributed by atoms with van der Waals surface area (Å²) in [7, 11) is -3.86. The number of sulfonamides is 1. The van der Waals surface area contributed by atoms with Crippen LogP contribution in [0.1, 0.15) is 24.5 Å². The van der Waals surface area contributed by atoms with Gasteiger partial charge in [0.15, 0.2) is 0 Å². The maximum Gasteiger partial charge on any atom is 0.244 e. The Morgan fingerprint density at radius 2 is 1.58 bits per heavy atom. The maximum absolute atomic E-state index is 13.9. The van der Waals surface area contributed by atoms with E-state index in [1.54, 1.807) is 0 Å². The van der Waals surface area contributed by atoms with Gasteiger partial charge in [0.2, 0.25) is 21.8 Å². The first-order valence-corrected chi connectivity index (χ1v) is 14.4. The van der Waals surface area contributed by atoms with Gasteiger partial charge < -0.3 is 10.2 Å². The second-order valence-electron chi connectivity index (χ2n) is 8.89. The molecule has 3 aromatic rings. The van der Waals surface area contributed by atoms with Crippen molar-refractivity contribution in [3.05, 3.63) is 101 Å². The fourth-order valence-electron chi connectivity index (χ4n) is 3.93. The Morgan fingerprint density at radius 1 is 0.947 bits per heavy atom. The molecular formula is C28H31ClFN3O4S. The number of rotatable bonds is 12. The lowest BCUT2D eigenvalue weighted by Gasteiger charge is -2.33. The number of amides is 2. The number of nitrogens with one attached hydrogen (secondary N) is 1. The highest BCUT2D eigenvalue weighted by Crippen LogP contribution is 2.22. The van der Waals surface area contributed by atoms with Crippen molar-refractivity contribution < 1.29 is 22.4 Å². The monoisotopic (exact) mass is 559 g/mol. The molecule has 0 spiro atoms. The molecule has 0 aliphatic heterocycles. The predicted molar refractivity (Wildman–Crippen MR) is 148 cm³/mol. The largest absolute Gasteiger partial charge is 0.354 e. The Morgan fingerprint density at radius 3 is 2.16 bits per heavy atom. The van der Waals surface area contributed by atoms with Gasteiger partial charge in [0.25, 0.3) is 0 Å². The summed E-state index contributed by atoms with van der Waals surface area (Å²) in [6.45, 7) is 1.79. The van der Waals surface area contributed by atoms with Gasteiger partial charge in [-0.1, -0.05) is 61.0 Å². The van der Waals surface area contributed by atoms with E-state index in [-0.39, 0.29) is 24.6 Å². The molecular weight excluding hydrogens is 529 g/mol. The van der Waals surface area contributed by atoms with Crippen LogP contribution in [0.15, 0.2) is 78.9 Å². The fourth-order valence-corrected chi connectivity index (χ4v) is 4.90. The normalized spacial score (nSPS) is 12.0. The first-order valence-electron chi connectivity index (χ1n) is 12.2. The molecule has 202 valence electrons. The minimum Gasteiger partial charge on any atom is -0.354 e. The lowest BCUT2D eigenvalue weighted by Crippen LogP contribution is -2.53. The summed E-state index contributed by atoms with van der Waals surface area (Å²) in [6, 6.07) is 20.0. The zero-order chi connectivity index (χ0) is 27.7. The zero-order valence-corrected chi connectivity index (χ0v) is 22.9. The van der Waals surface area contributed by atoms with Gasteiger partial charge in [-0.25, -0.2) is 12.8 Å². The van der Waals surface area contributed by atoms with Crippen molar-refractivity contribution in [3.63, 3.8) is 0 Å². The van der Waals surface area contributed by atoms with Crippen LogP contribution in [-0.2, 0) is 32.6 Å². The molecule has 0 saturated heterocycles. The lowest BCUT2D eigenvalue weighted by atomic mass is 10.0. The maximum atomic E-state index is 13.9. The van der Waals surface area contributed by atoms with Gasteiger partial charge in [0.05, 0.1) is 11.9 Å². The van der Waals surface area contributed by atoms with Crippen molar-refractivity contribution in [1.82, 2.24) is 10.2 Å². The second-order valence-corrected chi connectivity index (χ2v) is 11.2. The Hall–Kier alpha value is -3.43. The van der Waals surface area contributed by atoms with Gasteiger partial charge in [-0.3, -0.25) is 13.9 Å². The highest BCUT2D eigenvalue weighted by molar-refractivity contribution is 7.92. The Balaban J connectivity index is 2.02. The molecule has 0 heterocycles. The van der Waals surface area contributed by atoms with Gasteiger partial charge in [-0.15, -0.1) is 0 Å². The molecule has 0 aromatic heterocycles. The summed E-state index contributed by atoms with van der Waals surface area (Å²) in [5.74, 6) is -1.37. The molecule has 0 radical (unpaired) electrons. The predicted octanol–water partition coefficient (Wildman–Crippen LogP) is 4.41. The van der Waals surface area contributed by atoms with Crippen LogP contribution in [0, 0.1) is 5.82 Å². The quantitative estimate of drug-likeness (QED) is 0.356. The van der Waals surface area contributed by atoms with Crippen LogP contribution in [0.3, 0.4) is 0 Å². The average Bonchev–Trinajstić information content (AvgIpc) is 2.89. The number of halogens is 2. The smallest absolute Gasteiger partial charge is 0.244 e. The molecule has 1 atom stereocenters. The molecule has 2 amide bonds. The highest BCUT2D eigenvalue weighted by atomic mass is 35.5. The average molecular weight is 560 g/mol. The van der Waals surface area contributed by atoms with Gasteiger partial charge in [0.1, 0.15) is 18.4 Å². The van der Waals surface area contributed by atoms with Crippen LogP contribution in [0.5, 0.6) is 0 Å². The molecule has 1 unspecified atom stereocenters. The van der Waals surface area contributed by atoms with E-state index in [0.29, 0.717) is 23.6 Å². The van der Waals surface area contributed by atoms with Crippen molar-refractivity contribution in [2.24, 2.45) is 0 Å². The third-order valence-electron chi connectivity index (χ3n) is 5.88. The minimum absolute atomic E-state index is 0.0195. The van der Waals surface area contributed by atoms with Crippen LogP contribution < -0.4 is 9.62 Å². The van der Waals surface area contributed by atoms with Crippen molar-refractivity contribution in [3.8, 4) is 0 Å². The van der Waals surface area contributed by atoms with E-state index in [1.807, 2.05) is 37.3 Å². The number of nitrogens with zero attached hydrogens (tertiary/aromatic N) is 2. The Kier molecular flexibility index (Phi) is 10.3. The number of benzene rings is 3. The first kappa shape index (κ1) is 29.1. The molecule has 0 fully saturated rings. The van der Waals surface area contributed by atoms with Crippen molar-refractivity contribution in [1.29, 1.82) is 0 Å². The third-order valence-corrected chi connectivity index (χ3v) is 7.27. The lowest BCUT2D eigenvalue weighted by molar-refractivity contribution is -0.140. The first-order chi connectivity index (χ1) is 18.1. The van der Waals surface area contributed by atoms with E-state index in [2.05, 4.69) is 5.32 Å². The van der Waals surface area contributed by atoms with E-state index in [1.165, 1.54) is 53.4 Å². The second kappa shape index (κ2) is 13.4. The standard InChI is InChI=1S/C28H31ClFN3O4S/c1-3-17-31-28(35)26(18-21-7-5-4-6-8-21)32(19-22-9-13-24(30)14-10-22)27(34)20-33(38(2,36)37)25-15-11-23(29)12-16-25/h4-16,26H,3,17-20H2,1-2H3,(H,31,35). The molecule has 0 aliphatic carbocycles. The third kappa shape index (κ3) is 8.29. The number of hydrogen-bond donors (Lipinski definition) is 1. The Labute approximate surface area is 228 Å². The molecule has 7 nitrogen and oxygen atoms in total. The molecule has 1 N–H and O–H groups in total. The van der Waals surface area contributed by atoms with Crippen LogP contribution in [-0.4, -0.2) is 50.5 Å². The van der Waals surface area contributed by atoms with Crippen molar-refractivity contribution in [2.75, 3.05) is 23.7 Å². The molecule has 3 rings (SSSR count). The van der Waals surface area contributed by atoms with Crippen LogP contribution in [0.2, 0.25) is 5.02 Å². The summed E-state index contributed by atoms with van der Waals surface area (Å²) in [5, 5.41) is 3.28. The molecule has 0 aliphatic rings. The minimum atomic E-state index is -3.86. The van der Waals surface area contributed by atoms with Gasteiger partial charge >= 0.3 is 0 Å². The topological polar surface area (TPSA) is 86.8 Å². The number of anilines is 1. The molecule has 0 bridgehead atoms. The fraction of sp³-hybridized carbons (Fsp3) is 0.286. The SMILES string of the molecule is CCCNC(=O)C(Cc1ccccc1)N(Cc1ccc(F)cc1)C(=O)CN(c1ccc(Cl)cc1)S(C)(=O)=O. The highest BCUT2D eigenvalue weighted by Gasteiger charge is 2.32. The molecule has 3 aromatic carbocycles. The zero-order valence-electron chi connectivity index (χ0n) is 21.3. The van der Waals surface area contributed by atoms with Crippen molar-refractivity contribution >= 4 is 39.1 Å². The van der Waals surface area contributed by atoms with Gasteiger partial charge in [-0.05, 0) is 53.9 Å². The van der Waals surface area contributed by atoms with Crippen LogP contribution in [0.25, 0.3) is 0 Å². The van der Waals surface area contributed by atoms with Crippen LogP contribution >= 0.6 is 11.6 Å². The number of carbonyl (C=O) groups excluding carboxylic acids is 2. The van der Waals surface area contributed by atoms with E-state index < -0.39 is 34.3 Å². The van der Waals surface area contributed by atoms with Gasteiger partial charge in [-0.2, -0.15) is 0 Å². The van der Waals surface area contributed by atoms with Crippen molar-refractivity contribution in [2.45, 2.75) is 32.4 Å². The summed E-state index contributed by atoms with van der Waals surface area (Å²) in [5.41, 5.74) is 1.69. The van der Waals surface area contributed by atoms with Gasteiger partial charge in [0, 0.05) is 24.5 Å². The molecule has 10 heteroatoms. The number of hydrogen-bond acceptors (Lipinski definition) is 4. The molecule has 38 heavy (non-hydrogen) atoms. The summed E-state index contributed by atoms with van der Waals surface area (Å²) < 4.78 is 40.0. The summed E-state index contributed by atoms with van der Waals surface area (Å²) in [6.07, 6.45) is 1.92.